The number of amides is 1. The Morgan fingerprint density at radius 1 is 1.40 bits per heavy atom. The molecule has 0 saturated carbocycles. The van der Waals surface area contributed by atoms with Gasteiger partial charge in [0.1, 0.15) is 11.4 Å². The van der Waals surface area contributed by atoms with E-state index < -0.39 is 5.54 Å². The summed E-state index contributed by atoms with van der Waals surface area (Å²) in [4.78, 5) is 14.2. The van der Waals surface area contributed by atoms with Crippen molar-refractivity contribution in [2.75, 3.05) is 18.4 Å². The molecule has 0 atom stereocenters. The van der Waals surface area contributed by atoms with Gasteiger partial charge >= 0.3 is 0 Å². The van der Waals surface area contributed by atoms with Crippen LogP contribution in [-0.2, 0) is 11.2 Å². The predicted molar refractivity (Wildman–Crippen MR) is 97.6 cm³/mol. The molecule has 2 rings (SSSR count). The summed E-state index contributed by atoms with van der Waals surface area (Å²) in [7, 11) is 0. The normalized spacial score (nSPS) is 15.7. The van der Waals surface area contributed by atoms with Crippen LogP contribution in [0.25, 0.3) is 0 Å². The number of hydrogen-bond donors (Lipinski definition) is 1. The lowest BCUT2D eigenvalue weighted by molar-refractivity contribution is -0.132. The summed E-state index contributed by atoms with van der Waals surface area (Å²) in [6.45, 7) is 7.41. The van der Waals surface area contributed by atoms with E-state index in [-0.39, 0.29) is 11.7 Å². The molecule has 4 nitrogen and oxygen atoms in total. The topological polar surface area (TPSA) is 56.1 Å². The third-order valence-electron chi connectivity index (χ3n) is 4.76. The van der Waals surface area contributed by atoms with E-state index in [1.54, 1.807) is 26.0 Å². The molecule has 1 amide bonds. The number of rotatable bonds is 6. The average Bonchev–Trinajstić information content (AvgIpc) is 2.57. The molecule has 1 aliphatic rings. The van der Waals surface area contributed by atoms with Crippen LogP contribution in [-0.4, -0.2) is 29.4 Å². The van der Waals surface area contributed by atoms with Crippen LogP contribution in [0.1, 0.15) is 52.0 Å². The summed E-state index contributed by atoms with van der Waals surface area (Å²) < 4.78 is 14.2. The van der Waals surface area contributed by atoms with Gasteiger partial charge < -0.3 is 10.2 Å². The maximum absolute atomic E-state index is 14.2. The molecule has 0 unspecified atom stereocenters. The summed E-state index contributed by atoms with van der Waals surface area (Å²) >= 11 is 0. The van der Waals surface area contributed by atoms with E-state index in [9.17, 15) is 9.18 Å². The number of anilines is 1. The van der Waals surface area contributed by atoms with Crippen LogP contribution in [0.4, 0.5) is 10.1 Å². The number of benzene rings is 1. The molecule has 136 valence electrons. The second-order valence-electron chi connectivity index (χ2n) is 7.58. The number of halogens is 1. The van der Waals surface area contributed by atoms with Crippen LogP contribution in [0.2, 0.25) is 0 Å². The Hall–Kier alpha value is -2.09. The van der Waals surface area contributed by atoms with Gasteiger partial charge in [-0.25, -0.2) is 4.39 Å². The Balaban J connectivity index is 1.83. The van der Waals surface area contributed by atoms with Crippen molar-refractivity contribution in [2.45, 2.75) is 58.4 Å². The van der Waals surface area contributed by atoms with Gasteiger partial charge in [0.15, 0.2) is 0 Å². The smallest absolute Gasteiger partial charge is 0.222 e. The van der Waals surface area contributed by atoms with Crippen molar-refractivity contribution in [3.63, 3.8) is 0 Å². The highest BCUT2D eigenvalue weighted by Crippen LogP contribution is 2.21. The van der Waals surface area contributed by atoms with Crippen LogP contribution in [0.15, 0.2) is 18.2 Å². The lowest BCUT2D eigenvalue weighted by Gasteiger charge is -2.30. The van der Waals surface area contributed by atoms with E-state index in [0.717, 1.165) is 25.9 Å². The molecule has 0 aliphatic carbocycles. The molecule has 0 radical (unpaired) electrons. The Labute approximate surface area is 150 Å². The summed E-state index contributed by atoms with van der Waals surface area (Å²) in [5, 5.41) is 12.0. The minimum absolute atomic E-state index is 0.182. The minimum Gasteiger partial charge on any atom is -0.368 e. The van der Waals surface area contributed by atoms with Gasteiger partial charge in [-0.1, -0.05) is 13.0 Å². The van der Waals surface area contributed by atoms with Crippen LogP contribution in [0, 0.1) is 23.1 Å². The van der Waals surface area contributed by atoms with Gasteiger partial charge in [0.25, 0.3) is 0 Å². The average molecular weight is 345 g/mol. The Morgan fingerprint density at radius 2 is 2.08 bits per heavy atom. The predicted octanol–water partition coefficient (Wildman–Crippen LogP) is 4.12. The van der Waals surface area contributed by atoms with E-state index in [0.29, 0.717) is 36.4 Å². The SMILES string of the molecule is CC1CCN(C(=O)CCCc2ccc(NC(C)(C)C#N)cc2F)CC1. The molecular formula is C20H28FN3O. The fourth-order valence-electron chi connectivity index (χ4n) is 3.06. The summed E-state index contributed by atoms with van der Waals surface area (Å²) in [6.07, 6.45) is 3.82. The Bertz CT molecular complexity index is 643. The van der Waals surface area contributed by atoms with E-state index >= 15 is 0 Å². The zero-order valence-electron chi connectivity index (χ0n) is 15.4. The summed E-state index contributed by atoms with van der Waals surface area (Å²) in [6, 6.07) is 7.07. The molecule has 1 fully saturated rings. The number of hydrogen-bond acceptors (Lipinski definition) is 3. The first-order valence-electron chi connectivity index (χ1n) is 9.06. The van der Waals surface area contributed by atoms with Gasteiger partial charge in [-0.05, 0) is 63.1 Å². The fourth-order valence-corrected chi connectivity index (χ4v) is 3.06. The van der Waals surface area contributed by atoms with Crippen molar-refractivity contribution in [3.05, 3.63) is 29.6 Å². The monoisotopic (exact) mass is 345 g/mol. The van der Waals surface area contributed by atoms with Crippen molar-refractivity contribution < 1.29 is 9.18 Å². The number of carbonyl (C=O) groups excluding carboxylic acids is 1. The molecule has 1 aromatic rings. The second-order valence-corrected chi connectivity index (χ2v) is 7.58. The number of carbonyl (C=O) groups is 1. The molecule has 1 aliphatic heterocycles. The van der Waals surface area contributed by atoms with Gasteiger partial charge in [0.2, 0.25) is 5.91 Å². The summed E-state index contributed by atoms with van der Waals surface area (Å²) in [5.74, 6) is 0.593. The number of piperidine rings is 1. The van der Waals surface area contributed by atoms with Gasteiger partial charge in [-0.15, -0.1) is 0 Å². The molecule has 5 heteroatoms. The molecule has 0 bridgehead atoms. The second kappa shape index (κ2) is 8.33. The van der Waals surface area contributed by atoms with Crippen LogP contribution < -0.4 is 5.32 Å². The highest BCUT2D eigenvalue weighted by atomic mass is 19.1. The molecular weight excluding hydrogens is 317 g/mol. The molecule has 0 aromatic heterocycles. The number of nitrogens with zero attached hydrogens (tertiary/aromatic N) is 2. The third kappa shape index (κ3) is 5.74. The molecule has 1 saturated heterocycles. The Kier molecular flexibility index (Phi) is 6.41. The molecule has 0 spiro atoms. The van der Waals surface area contributed by atoms with Crippen molar-refractivity contribution in [2.24, 2.45) is 5.92 Å². The van der Waals surface area contributed by atoms with E-state index in [4.69, 9.17) is 5.26 Å². The molecule has 1 heterocycles. The minimum atomic E-state index is -0.744. The lowest BCUT2D eigenvalue weighted by atomic mass is 9.98. The standard InChI is InChI=1S/C20H28FN3O/c1-15-9-11-24(12-10-15)19(25)6-4-5-16-7-8-17(13-18(16)21)23-20(2,3)14-22/h7-8,13,15,23H,4-6,9-12H2,1-3H3. The maximum Gasteiger partial charge on any atom is 0.222 e. The molecule has 1 N–H and O–H groups in total. The van der Waals surface area contributed by atoms with E-state index in [1.165, 1.54) is 6.07 Å². The van der Waals surface area contributed by atoms with E-state index in [1.807, 2.05) is 4.90 Å². The zero-order valence-corrected chi connectivity index (χ0v) is 15.4. The molecule has 1 aromatic carbocycles. The highest BCUT2D eigenvalue weighted by Gasteiger charge is 2.20. The third-order valence-corrected chi connectivity index (χ3v) is 4.76. The van der Waals surface area contributed by atoms with Crippen molar-refractivity contribution >= 4 is 11.6 Å². The van der Waals surface area contributed by atoms with Crippen molar-refractivity contribution in [1.29, 1.82) is 5.26 Å². The number of likely N-dealkylation sites (tertiary alicyclic amines) is 1. The zero-order chi connectivity index (χ0) is 18.4. The number of nitrogens with one attached hydrogen (secondary N) is 1. The first-order valence-corrected chi connectivity index (χ1v) is 9.06. The lowest BCUT2D eigenvalue weighted by Crippen LogP contribution is -2.37. The van der Waals surface area contributed by atoms with Gasteiger partial charge in [-0.3, -0.25) is 4.79 Å². The fraction of sp³-hybridized carbons (Fsp3) is 0.600. The first-order chi connectivity index (χ1) is 11.8. The van der Waals surface area contributed by atoms with Crippen LogP contribution >= 0.6 is 0 Å². The van der Waals surface area contributed by atoms with Crippen LogP contribution in [0.3, 0.4) is 0 Å². The van der Waals surface area contributed by atoms with Crippen LogP contribution in [0.5, 0.6) is 0 Å². The van der Waals surface area contributed by atoms with Gasteiger partial charge in [0, 0.05) is 25.2 Å². The number of aryl methyl sites for hydroxylation is 1. The quantitative estimate of drug-likeness (QED) is 0.844. The van der Waals surface area contributed by atoms with Crippen molar-refractivity contribution in [1.82, 2.24) is 4.90 Å². The van der Waals surface area contributed by atoms with Gasteiger partial charge in [0.05, 0.1) is 6.07 Å². The highest BCUT2D eigenvalue weighted by molar-refractivity contribution is 5.76. The maximum atomic E-state index is 14.2. The number of nitriles is 1. The van der Waals surface area contributed by atoms with Gasteiger partial charge in [-0.2, -0.15) is 5.26 Å². The first kappa shape index (κ1) is 19.2. The van der Waals surface area contributed by atoms with E-state index in [2.05, 4.69) is 18.3 Å². The molecule has 25 heavy (non-hydrogen) atoms. The largest absolute Gasteiger partial charge is 0.368 e. The summed E-state index contributed by atoms with van der Waals surface area (Å²) in [5.41, 5.74) is 0.457. The Morgan fingerprint density at radius 3 is 2.68 bits per heavy atom. The van der Waals surface area contributed by atoms with Crippen molar-refractivity contribution in [3.8, 4) is 6.07 Å².